The molecule has 1 aliphatic heterocycles. The van der Waals surface area contributed by atoms with Crippen LogP contribution in [0.15, 0.2) is 11.6 Å². The summed E-state index contributed by atoms with van der Waals surface area (Å²) in [6, 6.07) is -0.139. The fourth-order valence-corrected chi connectivity index (χ4v) is 1.47. The van der Waals surface area contributed by atoms with Gasteiger partial charge in [-0.15, -0.1) is 0 Å². The van der Waals surface area contributed by atoms with Gasteiger partial charge in [-0.3, -0.25) is 4.79 Å². The van der Waals surface area contributed by atoms with Crippen molar-refractivity contribution in [3.8, 4) is 0 Å². The van der Waals surface area contributed by atoms with Gasteiger partial charge in [0, 0.05) is 5.57 Å². The van der Waals surface area contributed by atoms with E-state index in [1.165, 1.54) is 4.90 Å². The number of cyclic esters (lactones) is 1. The van der Waals surface area contributed by atoms with Gasteiger partial charge in [-0.1, -0.05) is 19.9 Å². The molecule has 0 spiro atoms. The lowest BCUT2D eigenvalue weighted by Crippen LogP contribution is -2.42. The monoisotopic (exact) mass is 211 g/mol. The average molecular weight is 211 g/mol. The van der Waals surface area contributed by atoms with Gasteiger partial charge in [0.25, 0.3) is 5.91 Å². The number of hydrogen-bond donors (Lipinski definition) is 0. The van der Waals surface area contributed by atoms with Gasteiger partial charge in [-0.25, -0.2) is 9.69 Å². The van der Waals surface area contributed by atoms with Gasteiger partial charge in [0.15, 0.2) is 0 Å². The molecule has 1 fully saturated rings. The van der Waals surface area contributed by atoms with E-state index in [9.17, 15) is 9.59 Å². The van der Waals surface area contributed by atoms with Crippen molar-refractivity contribution < 1.29 is 14.3 Å². The number of nitrogens with zero attached hydrogens (tertiary/aromatic N) is 1. The smallest absolute Gasteiger partial charge is 0.417 e. The Hall–Kier alpha value is -1.32. The van der Waals surface area contributed by atoms with Gasteiger partial charge in [0.2, 0.25) is 0 Å². The van der Waals surface area contributed by atoms with Crippen LogP contribution in [0.2, 0.25) is 0 Å². The summed E-state index contributed by atoms with van der Waals surface area (Å²) in [5.74, 6) is -0.0382. The first-order valence-electron chi connectivity index (χ1n) is 5.12. The number of rotatable bonds is 2. The van der Waals surface area contributed by atoms with Crippen molar-refractivity contribution in [2.24, 2.45) is 5.92 Å². The Morgan fingerprint density at radius 1 is 1.60 bits per heavy atom. The lowest BCUT2D eigenvalue weighted by atomic mass is 10.0. The molecular weight excluding hydrogens is 194 g/mol. The Balaban J connectivity index is 2.90. The molecule has 4 heteroatoms. The second-order valence-electron chi connectivity index (χ2n) is 4.04. The van der Waals surface area contributed by atoms with Crippen molar-refractivity contribution >= 4 is 12.0 Å². The Morgan fingerprint density at radius 3 is 2.67 bits per heavy atom. The number of amides is 2. The van der Waals surface area contributed by atoms with E-state index in [2.05, 4.69) is 0 Å². The first kappa shape index (κ1) is 11.8. The SMILES string of the molecule is CC=C(C)C(=O)N1C(=O)OCC1C(C)C. The third-order valence-corrected chi connectivity index (χ3v) is 2.66. The summed E-state index contributed by atoms with van der Waals surface area (Å²) in [5.41, 5.74) is 0.569. The maximum atomic E-state index is 11.9. The van der Waals surface area contributed by atoms with E-state index in [0.29, 0.717) is 12.2 Å². The molecule has 0 bridgehead atoms. The van der Waals surface area contributed by atoms with Gasteiger partial charge in [-0.05, 0) is 19.8 Å². The molecule has 0 aromatic carbocycles. The molecule has 2 amide bonds. The average Bonchev–Trinajstić information content (AvgIpc) is 2.58. The van der Waals surface area contributed by atoms with Crippen molar-refractivity contribution in [1.29, 1.82) is 0 Å². The Kier molecular flexibility index (Phi) is 3.50. The van der Waals surface area contributed by atoms with Gasteiger partial charge in [-0.2, -0.15) is 0 Å². The van der Waals surface area contributed by atoms with Crippen LogP contribution < -0.4 is 0 Å². The van der Waals surface area contributed by atoms with E-state index in [1.54, 1.807) is 19.9 Å². The van der Waals surface area contributed by atoms with Crippen LogP contribution in [0.3, 0.4) is 0 Å². The van der Waals surface area contributed by atoms with Crippen molar-refractivity contribution in [3.63, 3.8) is 0 Å². The zero-order valence-corrected chi connectivity index (χ0v) is 9.61. The molecule has 1 aliphatic rings. The molecule has 4 nitrogen and oxygen atoms in total. The third kappa shape index (κ3) is 2.19. The molecular formula is C11H17NO3. The maximum Gasteiger partial charge on any atom is 0.417 e. The van der Waals surface area contributed by atoms with Crippen molar-refractivity contribution in [3.05, 3.63) is 11.6 Å². The van der Waals surface area contributed by atoms with Gasteiger partial charge in [0.05, 0.1) is 6.04 Å². The zero-order valence-electron chi connectivity index (χ0n) is 9.61. The normalized spacial score (nSPS) is 22.2. The van der Waals surface area contributed by atoms with Crippen LogP contribution in [0.25, 0.3) is 0 Å². The van der Waals surface area contributed by atoms with Crippen LogP contribution in [0.4, 0.5) is 4.79 Å². The highest BCUT2D eigenvalue weighted by atomic mass is 16.6. The summed E-state index contributed by atoms with van der Waals surface area (Å²) in [5, 5.41) is 0. The van der Waals surface area contributed by atoms with E-state index in [1.807, 2.05) is 13.8 Å². The second kappa shape index (κ2) is 4.47. The summed E-state index contributed by atoms with van der Waals surface area (Å²) in [6.07, 6.45) is 1.17. The molecule has 15 heavy (non-hydrogen) atoms. The second-order valence-corrected chi connectivity index (χ2v) is 4.04. The molecule has 84 valence electrons. The maximum absolute atomic E-state index is 11.9. The predicted octanol–water partition coefficient (Wildman–Crippen LogP) is 1.96. The molecule has 1 rings (SSSR count). The summed E-state index contributed by atoms with van der Waals surface area (Å²) in [7, 11) is 0. The molecule has 0 radical (unpaired) electrons. The van der Waals surface area contributed by atoms with E-state index >= 15 is 0 Å². The topological polar surface area (TPSA) is 46.6 Å². The number of carbonyl (C=O) groups is 2. The quantitative estimate of drug-likeness (QED) is 0.656. The van der Waals surface area contributed by atoms with Crippen LogP contribution in [0, 0.1) is 5.92 Å². The summed E-state index contributed by atoms with van der Waals surface area (Å²) >= 11 is 0. The fraction of sp³-hybridized carbons (Fsp3) is 0.636. The van der Waals surface area contributed by atoms with E-state index in [-0.39, 0.29) is 17.9 Å². The molecule has 0 aromatic rings. The highest BCUT2D eigenvalue weighted by Crippen LogP contribution is 2.21. The standard InChI is InChI=1S/C11H17NO3/c1-5-8(4)10(13)12-9(7(2)3)6-15-11(12)14/h5,7,9H,6H2,1-4H3. The van der Waals surface area contributed by atoms with E-state index in [4.69, 9.17) is 4.74 Å². The van der Waals surface area contributed by atoms with Crippen LogP contribution >= 0.6 is 0 Å². The van der Waals surface area contributed by atoms with E-state index < -0.39 is 6.09 Å². The molecule has 0 N–H and O–H groups in total. The minimum Gasteiger partial charge on any atom is -0.447 e. The fourth-order valence-electron chi connectivity index (χ4n) is 1.47. The molecule has 0 aromatic heterocycles. The summed E-state index contributed by atoms with van der Waals surface area (Å²) in [4.78, 5) is 24.5. The summed E-state index contributed by atoms with van der Waals surface area (Å²) < 4.78 is 4.89. The number of allylic oxidation sites excluding steroid dienone is 1. The molecule has 0 aliphatic carbocycles. The zero-order chi connectivity index (χ0) is 11.6. The largest absolute Gasteiger partial charge is 0.447 e. The predicted molar refractivity (Wildman–Crippen MR) is 56.3 cm³/mol. The van der Waals surface area contributed by atoms with Crippen molar-refractivity contribution in [1.82, 2.24) is 4.90 Å². The van der Waals surface area contributed by atoms with Crippen LogP contribution in [-0.2, 0) is 9.53 Å². The molecule has 0 saturated carbocycles. The highest BCUT2D eigenvalue weighted by Gasteiger charge is 2.39. The Morgan fingerprint density at radius 2 is 2.20 bits per heavy atom. The third-order valence-electron chi connectivity index (χ3n) is 2.66. The van der Waals surface area contributed by atoms with Crippen molar-refractivity contribution in [2.45, 2.75) is 33.7 Å². The lowest BCUT2D eigenvalue weighted by molar-refractivity contribution is -0.125. The van der Waals surface area contributed by atoms with E-state index in [0.717, 1.165) is 0 Å². The molecule has 1 saturated heterocycles. The van der Waals surface area contributed by atoms with Crippen LogP contribution in [-0.4, -0.2) is 29.5 Å². The Bertz CT molecular complexity index is 307. The van der Waals surface area contributed by atoms with Gasteiger partial charge < -0.3 is 4.74 Å². The van der Waals surface area contributed by atoms with Gasteiger partial charge in [0.1, 0.15) is 6.61 Å². The number of carbonyl (C=O) groups excluding carboxylic acids is 2. The molecule has 1 unspecified atom stereocenters. The highest BCUT2D eigenvalue weighted by molar-refractivity contribution is 6.03. The molecule has 1 atom stereocenters. The first-order chi connectivity index (χ1) is 6.99. The van der Waals surface area contributed by atoms with Gasteiger partial charge >= 0.3 is 6.09 Å². The van der Waals surface area contributed by atoms with Crippen LogP contribution in [0.1, 0.15) is 27.7 Å². The minimum absolute atomic E-state index is 0.139. The Labute approximate surface area is 89.9 Å². The number of imide groups is 1. The molecule has 1 heterocycles. The lowest BCUT2D eigenvalue weighted by Gasteiger charge is -2.22. The number of hydrogen-bond acceptors (Lipinski definition) is 3. The summed E-state index contributed by atoms with van der Waals surface area (Å²) in [6.45, 7) is 7.72. The first-order valence-corrected chi connectivity index (χ1v) is 5.12. The van der Waals surface area contributed by atoms with Crippen LogP contribution in [0.5, 0.6) is 0 Å². The van der Waals surface area contributed by atoms with Crippen molar-refractivity contribution in [2.75, 3.05) is 6.61 Å². The number of ether oxygens (including phenoxy) is 1. The minimum atomic E-state index is -0.528.